The highest BCUT2D eigenvalue weighted by molar-refractivity contribution is 5.73. The molecule has 0 saturated heterocycles. The highest BCUT2D eigenvalue weighted by atomic mass is 16.4. The Kier molecular flexibility index (Phi) is 4.47. The smallest absolute Gasteiger partial charge is 0.323 e. The largest absolute Gasteiger partial charge is 0.480 e. The van der Waals surface area contributed by atoms with Gasteiger partial charge in [-0.3, -0.25) is 9.59 Å². The van der Waals surface area contributed by atoms with E-state index in [9.17, 15) is 9.59 Å². The quantitative estimate of drug-likeness (QED) is 0.726. The highest BCUT2D eigenvalue weighted by Crippen LogP contribution is 2.05. The number of aliphatic carboxylic acids is 1. The van der Waals surface area contributed by atoms with Gasteiger partial charge in [-0.1, -0.05) is 18.2 Å². The van der Waals surface area contributed by atoms with Crippen molar-refractivity contribution in [1.29, 1.82) is 0 Å². The van der Waals surface area contributed by atoms with E-state index in [0.29, 0.717) is 18.8 Å². The van der Waals surface area contributed by atoms with Crippen molar-refractivity contribution in [2.45, 2.75) is 0 Å². The molecule has 0 unspecified atom stereocenters. The third-order valence-electron chi connectivity index (χ3n) is 2.04. The fourth-order valence-corrected chi connectivity index (χ4v) is 1.39. The molecule has 0 aliphatic heterocycles. The molecule has 0 aliphatic carbocycles. The van der Waals surface area contributed by atoms with Crippen molar-refractivity contribution >= 4 is 11.7 Å². The van der Waals surface area contributed by atoms with Crippen LogP contribution in [0, 0.1) is 0 Å². The lowest BCUT2D eigenvalue weighted by Crippen LogP contribution is -2.36. The first kappa shape index (κ1) is 12.2. The maximum absolute atomic E-state index is 11.6. The zero-order valence-electron chi connectivity index (χ0n) is 8.80. The van der Waals surface area contributed by atoms with Gasteiger partial charge in [0.1, 0.15) is 6.54 Å². The van der Waals surface area contributed by atoms with Crippen LogP contribution in [0.25, 0.3) is 0 Å². The predicted octanol–water partition coefficient (Wildman–Crippen LogP) is -0.104. The summed E-state index contributed by atoms with van der Waals surface area (Å²) >= 11 is 0. The van der Waals surface area contributed by atoms with Crippen molar-refractivity contribution in [3.8, 4) is 0 Å². The summed E-state index contributed by atoms with van der Waals surface area (Å²) in [7, 11) is 0. The van der Waals surface area contributed by atoms with Gasteiger partial charge >= 0.3 is 5.97 Å². The van der Waals surface area contributed by atoms with Crippen molar-refractivity contribution in [3.63, 3.8) is 0 Å². The molecule has 86 valence electrons. The Morgan fingerprint density at radius 1 is 1.31 bits per heavy atom. The van der Waals surface area contributed by atoms with Gasteiger partial charge in [0.2, 0.25) is 5.43 Å². The van der Waals surface area contributed by atoms with Crippen molar-refractivity contribution in [2.75, 3.05) is 24.5 Å². The molecule has 0 heterocycles. The summed E-state index contributed by atoms with van der Waals surface area (Å²) < 4.78 is 0. The van der Waals surface area contributed by atoms with Crippen molar-refractivity contribution in [2.24, 2.45) is 5.73 Å². The zero-order valence-corrected chi connectivity index (χ0v) is 8.80. The van der Waals surface area contributed by atoms with Gasteiger partial charge < -0.3 is 15.7 Å². The lowest BCUT2D eigenvalue weighted by atomic mass is 10.3. The summed E-state index contributed by atoms with van der Waals surface area (Å²) in [6.07, 6.45) is 0. The SMILES string of the molecule is NCCN(CC(=O)O)c1cccccc1=O. The molecule has 0 spiro atoms. The van der Waals surface area contributed by atoms with E-state index in [2.05, 4.69) is 0 Å². The van der Waals surface area contributed by atoms with Crippen LogP contribution < -0.4 is 16.1 Å². The lowest BCUT2D eigenvalue weighted by molar-refractivity contribution is -0.135. The van der Waals surface area contributed by atoms with E-state index in [4.69, 9.17) is 10.8 Å². The number of nitrogens with two attached hydrogens (primary N) is 1. The Hall–Kier alpha value is -1.88. The number of hydrogen-bond donors (Lipinski definition) is 2. The highest BCUT2D eigenvalue weighted by Gasteiger charge is 2.11. The minimum absolute atomic E-state index is 0.209. The summed E-state index contributed by atoms with van der Waals surface area (Å²) in [4.78, 5) is 23.8. The fraction of sp³-hybridized carbons (Fsp3) is 0.273. The van der Waals surface area contributed by atoms with E-state index in [1.807, 2.05) is 0 Å². The molecule has 0 aliphatic rings. The molecule has 0 radical (unpaired) electrons. The van der Waals surface area contributed by atoms with Crippen molar-refractivity contribution in [3.05, 3.63) is 40.6 Å². The monoisotopic (exact) mass is 222 g/mol. The van der Waals surface area contributed by atoms with Crippen LogP contribution in [-0.4, -0.2) is 30.7 Å². The summed E-state index contributed by atoms with van der Waals surface area (Å²) in [5.74, 6) is -0.987. The van der Waals surface area contributed by atoms with Crippen LogP contribution in [0.5, 0.6) is 0 Å². The van der Waals surface area contributed by atoms with Crippen LogP contribution >= 0.6 is 0 Å². The number of carbonyl (C=O) groups is 1. The standard InChI is InChI=1S/C11H14N2O3/c12-6-7-13(8-11(15)16)9-4-2-1-3-5-10(9)14/h1-5H,6-8,12H2,(H,15,16). The molecule has 0 saturated carbocycles. The molecule has 0 aromatic heterocycles. The van der Waals surface area contributed by atoms with Crippen LogP contribution in [0.4, 0.5) is 5.69 Å². The minimum atomic E-state index is -0.987. The average molecular weight is 222 g/mol. The van der Waals surface area contributed by atoms with Crippen LogP contribution in [0.2, 0.25) is 0 Å². The first-order valence-corrected chi connectivity index (χ1v) is 4.91. The van der Waals surface area contributed by atoms with Crippen LogP contribution in [0.1, 0.15) is 0 Å². The first-order valence-electron chi connectivity index (χ1n) is 4.91. The number of rotatable bonds is 5. The summed E-state index contributed by atoms with van der Waals surface area (Å²) in [6.45, 7) is 0.410. The Bertz CT molecular complexity index is 420. The van der Waals surface area contributed by atoms with Crippen LogP contribution in [0.15, 0.2) is 35.1 Å². The van der Waals surface area contributed by atoms with E-state index in [0.717, 1.165) is 0 Å². The molecule has 1 rings (SSSR count). The second-order valence-corrected chi connectivity index (χ2v) is 3.26. The maximum Gasteiger partial charge on any atom is 0.323 e. The molecule has 0 atom stereocenters. The van der Waals surface area contributed by atoms with Crippen molar-refractivity contribution < 1.29 is 9.90 Å². The van der Waals surface area contributed by atoms with E-state index >= 15 is 0 Å². The normalized spacial score (nSPS) is 9.81. The first-order chi connectivity index (χ1) is 7.65. The zero-order chi connectivity index (χ0) is 12.0. The average Bonchev–Trinajstić information content (AvgIpc) is 2.41. The lowest BCUT2D eigenvalue weighted by Gasteiger charge is -2.20. The van der Waals surface area contributed by atoms with E-state index in [1.165, 1.54) is 11.0 Å². The Balaban J connectivity index is 3.06. The van der Waals surface area contributed by atoms with E-state index < -0.39 is 5.97 Å². The summed E-state index contributed by atoms with van der Waals surface area (Å²) in [5, 5.41) is 8.74. The Morgan fingerprint density at radius 3 is 2.62 bits per heavy atom. The van der Waals surface area contributed by atoms with Crippen LogP contribution in [-0.2, 0) is 4.79 Å². The van der Waals surface area contributed by atoms with Gasteiger partial charge in [-0.05, 0) is 12.1 Å². The maximum atomic E-state index is 11.6. The Morgan fingerprint density at radius 2 is 2.00 bits per heavy atom. The molecule has 0 amide bonds. The van der Waals surface area contributed by atoms with Gasteiger partial charge in [0, 0.05) is 13.1 Å². The Labute approximate surface area is 93.1 Å². The molecule has 0 bridgehead atoms. The molecule has 1 aromatic carbocycles. The number of nitrogens with zero attached hydrogens (tertiary/aromatic N) is 1. The van der Waals surface area contributed by atoms with Gasteiger partial charge in [0.15, 0.2) is 0 Å². The number of carboxylic acids is 1. The van der Waals surface area contributed by atoms with Gasteiger partial charge in [-0.2, -0.15) is 0 Å². The van der Waals surface area contributed by atoms with Crippen LogP contribution in [0.3, 0.4) is 0 Å². The fourth-order valence-electron chi connectivity index (χ4n) is 1.39. The summed E-state index contributed by atoms with van der Waals surface area (Å²) in [5.41, 5.74) is 5.54. The third-order valence-corrected chi connectivity index (χ3v) is 2.04. The topological polar surface area (TPSA) is 83.6 Å². The minimum Gasteiger partial charge on any atom is -0.480 e. The van der Waals surface area contributed by atoms with E-state index in [-0.39, 0.29) is 12.0 Å². The van der Waals surface area contributed by atoms with Gasteiger partial charge in [-0.15, -0.1) is 0 Å². The van der Waals surface area contributed by atoms with Gasteiger partial charge in [0.05, 0.1) is 5.69 Å². The van der Waals surface area contributed by atoms with Gasteiger partial charge in [0.25, 0.3) is 0 Å². The van der Waals surface area contributed by atoms with Gasteiger partial charge in [-0.25, -0.2) is 0 Å². The molecule has 3 N–H and O–H groups in total. The molecule has 16 heavy (non-hydrogen) atoms. The molecule has 0 fully saturated rings. The molecule has 5 nitrogen and oxygen atoms in total. The molecular weight excluding hydrogens is 208 g/mol. The summed E-state index contributed by atoms with van der Waals surface area (Å²) in [6, 6.07) is 8.03. The number of carboxylic acid groups (broad SMARTS) is 1. The second kappa shape index (κ2) is 5.87. The molecule has 5 heteroatoms. The second-order valence-electron chi connectivity index (χ2n) is 3.26. The third kappa shape index (κ3) is 3.36. The molecular formula is C11H14N2O3. The number of anilines is 1. The van der Waals surface area contributed by atoms with Crippen molar-refractivity contribution in [1.82, 2.24) is 0 Å². The number of hydrogen-bond acceptors (Lipinski definition) is 4. The predicted molar refractivity (Wildman–Crippen MR) is 61.6 cm³/mol. The molecule has 1 aromatic rings. The van der Waals surface area contributed by atoms with E-state index in [1.54, 1.807) is 24.3 Å².